The van der Waals surface area contributed by atoms with E-state index in [1.165, 1.54) is 0 Å². The average molecular weight is 244 g/mol. The number of aliphatic hydroxyl groups excluding tert-OH is 1. The van der Waals surface area contributed by atoms with E-state index in [4.69, 9.17) is 5.11 Å². The smallest absolute Gasteiger partial charge is 0.234 e. The summed E-state index contributed by atoms with van der Waals surface area (Å²) in [5, 5.41) is 12.0. The minimum atomic E-state index is -0.199. The van der Waals surface area contributed by atoms with Gasteiger partial charge in [0, 0.05) is 18.1 Å². The molecule has 4 nitrogen and oxygen atoms in total. The lowest BCUT2D eigenvalue weighted by Crippen LogP contribution is -2.48. The molecule has 17 heavy (non-hydrogen) atoms. The van der Waals surface area contributed by atoms with Gasteiger partial charge in [0.2, 0.25) is 5.91 Å². The third-order valence-corrected chi connectivity index (χ3v) is 2.71. The molecule has 2 N–H and O–H groups in total. The van der Waals surface area contributed by atoms with Crippen molar-refractivity contribution in [2.24, 2.45) is 0 Å². The monoisotopic (exact) mass is 244 g/mol. The molecular weight excluding hydrogens is 216 g/mol. The van der Waals surface area contributed by atoms with Crippen molar-refractivity contribution >= 4 is 5.91 Å². The van der Waals surface area contributed by atoms with E-state index >= 15 is 0 Å². The number of amides is 1. The highest BCUT2D eigenvalue weighted by Gasteiger charge is 2.20. The van der Waals surface area contributed by atoms with Crippen molar-refractivity contribution in [2.75, 3.05) is 19.7 Å². The Morgan fingerprint density at radius 3 is 2.18 bits per heavy atom. The Morgan fingerprint density at radius 2 is 1.82 bits per heavy atom. The van der Waals surface area contributed by atoms with E-state index in [-0.39, 0.29) is 18.1 Å². The molecule has 0 spiro atoms. The molecule has 0 radical (unpaired) electrons. The number of hydrogen-bond donors (Lipinski definition) is 2. The first kappa shape index (κ1) is 16.4. The molecule has 0 atom stereocenters. The maximum atomic E-state index is 11.8. The van der Waals surface area contributed by atoms with Crippen molar-refractivity contribution < 1.29 is 9.90 Å². The van der Waals surface area contributed by atoms with Crippen LogP contribution in [0.15, 0.2) is 0 Å². The molecule has 0 aliphatic rings. The van der Waals surface area contributed by atoms with E-state index in [1.807, 2.05) is 20.8 Å². The summed E-state index contributed by atoms with van der Waals surface area (Å²) in [7, 11) is 0. The second-order valence-electron chi connectivity index (χ2n) is 5.46. The van der Waals surface area contributed by atoms with Gasteiger partial charge in [-0.15, -0.1) is 0 Å². The number of rotatable bonds is 7. The van der Waals surface area contributed by atoms with E-state index in [2.05, 4.69) is 24.1 Å². The van der Waals surface area contributed by atoms with Crippen LogP contribution in [0.5, 0.6) is 0 Å². The van der Waals surface area contributed by atoms with Gasteiger partial charge in [-0.1, -0.05) is 13.8 Å². The lowest BCUT2D eigenvalue weighted by molar-refractivity contribution is -0.124. The Balaban J connectivity index is 4.38. The maximum Gasteiger partial charge on any atom is 0.234 e. The first-order chi connectivity index (χ1) is 7.84. The van der Waals surface area contributed by atoms with E-state index in [1.54, 1.807) is 0 Å². The number of carbonyl (C=O) groups is 1. The van der Waals surface area contributed by atoms with Gasteiger partial charge < -0.3 is 10.4 Å². The molecule has 4 heteroatoms. The molecule has 0 aliphatic carbocycles. The van der Waals surface area contributed by atoms with Crippen LogP contribution in [0.1, 0.15) is 47.5 Å². The summed E-state index contributed by atoms with van der Waals surface area (Å²) in [4.78, 5) is 13.9. The van der Waals surface area contributed by atoms with E-state index in [0.29, 0.717) is 19.1 Å². The molecule has 0 unspecified atom stereocenters. The van der Waals surface area contributed by atoms with Crippen molar-refractivity contribution in [3.8, 4) is 0 Å². The maximum absolute atomic E-state index is 11.8. The summed E-state index contributed by atoms with van der Waals surface area (Å²) < 4.78 is 0. The topological polar surface area (TPSA) is 52.6 Å². The number of carbonyl (C=O) groups excluding carboxylic acids is 1. The predicted octanol–water partition coefficient (Wildman–Crippen LogP) is 1.38. The molecule has 0 saturated carbocycles. The molecule has 0 rings (SSSR count). The van der Waals surface area contributed by atoms with Crippen LogP contribution in [0, 0.1) is 0 Å². The third-order valence-electron chi connectivity index (χ3n) is 2.71. The Bertz CT molecular complexity index is 220. The summed E-state index contributed by atoms with van der Waals surface area (Å²) in [5.41, 5.74) is -0.199. The van der Waals surface area contributed by atoms with Gasteiger partial charge in [0.05, 0.1) is 13.2 Å². The van der Waals surface area contributed by atoms with Crippen molar-refractivity contribution in [1.82, 2.24) is 10.2 Å². The predicted molar refractivity (Wildman–Crippen MR) is 70.9 cm³/mol. The van der Waals surface area contributed by atoms with Crippen molar-refractivity contribution in [3.05, 3.63) is 0 Å². The first-order valence-electron chi connectivity index (χ1n) is 6.50. The second kappa shape index (κ2) is 7.67. The minimum Gasteiger partial charge on any atom is -0.395 e. The fraction of sp³-hybridized carbons (Fsp3) is 0.923. The van der Waals surface area contributed by atoms with E-state index in [0.717, 1.165) is 12.8 Å². The standard InChI is InChI=1S/C13H28N2O2/c1-6-11(7-2)15(8-9-16)10-12(17)14-13(3,4)5/h11,16H,6-10H2,1-5H3,(H,14,17). The minimum absolute atomic E-state index is 0.0258. The van der Waals surface area contributed by atoms with Crippen LogP contribution >= 0.6 is 0 Å². The third kappa shape index (κ3) is 7.34. The number of aliphatic hydroxyl groups is 1. The Kier molecular flexibility index (Phi) is 7.39. The zero-order valence-electron chi connectivity index (χ0n) is 11.9. The van der Waals surface area contributed by atoms with Gasteiger partial charge in [-0.2, -0.15) is 0 Å². The van der Waals surface area contributed by atoms with Crippen molar-refractivity contribution in [2.45, 2.75) is 59.0 Å². The highest BCUT2D eigenvalue weighted by Crippen LogP contribution is 2.08. The first-order valence-corrected chi connectivity index (χ1v) is 6.50. The molecular formula is C13H28N2O2. The average Bonchev–Trinajstić information content (AvgIpc) is 2.16. The summed E-state index contributed by atoms with van der Waals surface area (Å²) in [6.45, 7) is 11.2. The van der Waals surface area contributed by atoms with Gasteiger partial charge in [-0.25, -0.2) is 0 Å². The second-order valence-corrected chi connectivity index (χ2v) is 5.46. The van der Waals surface area contributed by atoms with Crippen LogP contribution < -0.4 is 5.32 Å². The summed E-state index contributed by atoms with van der Waals surface area (Å²) in [6.07, 6.45) is 2.00. The van der Waals surface area contributed by atoms with Gasteiger partial charge >= 0.3 is 0 Å². The molecule has 102 valence electrons. The molecule has 1 amide bonds. The van der Waals surface area contributed by atoms with Gasteiger partial charge in [0.1, 0.15) is 0 Å². The largest absolute Gasteiger partial charge is 0.395 e. The van der Waals surface area contributed by atoms with Gasteiger partial charge in [0.25, 0.3) is 0 Å². The molecule has 0 aromatic carbocycles. The van der Waals surface area contributed by atoms with E-state index in [9.17, 15) is 4.79 Å². The SMILES string of the molecule is CCC(CC)N(CCO)CC(=O)NC(C)(C)C. The molecule has 0 aliphatic heterocycles. The number of nitrogens with one attached hydrogen (secondary N) is 1. The Morgan fingerprint density at radius 1 is 1.29 bits per heavy atom. The number of nitrogens with zero attached hydrogens (tertiary/aromatic N) is 1. The van der Waals surface area contributed by atoms with Crippen LogP contribution in [0.3, 0.4) is 0 Å². The fourth-order valence-corrected chi connectivity index (χ4v) is 1.97. The van der Waals surface area contributed by atoms with Gasteiger partial charge in [-0.3, -0.25) is 9.69 Å². The normalized spacial score (nSPS) is 12.2. The molecule has 0 saturated heterocycles. The summed E-state index contributed by atoms with van der Waals surface area (Å²) >= 11 is 0. The quantitative estimate of drug-likeness (QED) is 0.711. The van der Waals surface area contributed by atoms with Gasteiger partial charge in [0.15, 0.2) is 0 Å². The zero-order valence-corrected chi connectivity index (χ0v) is 11.9. The van der Waals surface area contributed by atoms with E-state index < -0.39 is 0 Å². The van der Waals surface area contributed by atoms with Crippen molar-refractivity contribution in [1.29, 1.82) is 0 Å². The van der Waals surface area contributed by atoms with Crippen LogP contribution in [0.4, 0.5) is 0 Å². The number of hydrogen-bond acceptors (Lipinski definition) is 3. The Hall–Kier alpha value is -0.610. The molecule has 0 fully saturated rings. The molecule has 0 bridgehead atoms. The Labute approximate surface area is 105 Å². The summed E-state index contributed by atoms with van der Waals surface area (Å²) in [5.74, 6) is 0.0258. The van der Waals surface area contributed by atoms with Gasteiger partial charge in [-0.05, 0) is 33.6 Å². The van der Waals surface area contributed by atoms with Crippen LogP contribution in [0.25, 0.3) is 0 Å². The highest BCUT2D eigenvalue weighted by atomic mass is 16.3. The van der Waals surface area contributed by atoms with Crippen molar-refractivity contribution in [3.63, 3.8) is 0 Å². The lowest BCUT2D eigenvalue weighted by atomic mass is 10.1. The molecule has 0 aromatic rings. The fourth-order valence-electron chi connectivity index (χ4n) is 1.97. The lowest BCUT2D eigenvalue weighted by Gasteiger charge is -2.30. The molecule has 0 heterocycles. The van der Waals surface area contributed by atoms with Crippen LogP contribution in [-0.4, -0.2) is 47.2 Å². The molecule has 0 aromatic heterocycles. The summed E-state index contributed by atoms with van der Waals surface area (Å²) in [6, 6.07) is 0.368. The zero-order chi connectivity index (χ0) is 13.5. The highest BCUT2D eigenvalue weighted by molar-refractivity contribution is 5.78. The van der Waals surface area contributed by atoms with Crippen LogP contribution in [0.2, 0.25) is 0 Å². The van der Waals surface area contributed by atoms with Crippen LogP contribution in [-0.2, 0) is 4.79 Å².